The topological polar surface area (TPSA) is 131 Å². The maximum Gasteiger partial charge on any atom is 0.472 e. The van der Waals surface area contributed by atoms with Crippen LogP contribution in [0.5, 0.6) is 0 Å². The maximum atomic E-state index is 12.6. The number of hydrogen-bond acceptors (Lipinski definition) is 6. The van der Waals surface area contributed by atoms with Gasteiger partial charge in [-0.3, -0.25) is 13.8 Å². The van der Waals surface area contributed by atoms with E-state index >= 15 is 0 Å². The number of rotatable bonds is 32. The first kappa shape index (κ1) is 44.2. The zero-order valence-electron chi connectivity index (χ0n) is 29.0. The van der Waals surface area contributed by atoms with E-state index in [1.165, 1.54) is 32.1 Å². The second kappa shape index (κ2) is 33.1. The van der Waals surface area contributed by atoms with E-state index in [0.29, 0.717) is 12.8 Å². The summed E-state index contributed by atoms with van der Waals surface area (Å²) in [6.45, 7) is 3.99. The third-order valence-electron chi connectivity index (χ3n) is 7.39. The van der Waals surface area contributed by atoms with Crippen LogP contribution < -0.4 is 11.1 Å². The number of phosphoric ester groups is 1. The summed E-state index contributed by atoms with van der Waals surface area (Å²) >= 11 is 0. The first-order chi connectivity index (χ1) is 22.4. The molecular weight excluding hydrogens is 599 g/mol. The summed E-state index contributed by atoms with van der Waals surface area (Å²) in [5, 5.41) is 13.6. The van der Waals surface area contributed by atoms with Gasteiger partial charge in [-0.25, -0.2) is 4.57 Å². The predicted octanol–water partition coefficient (Wildman–Crippen LogP) is 9.16. The van der Waals surface area contributed by atoms with Gasteiger partial charge in [-0.1, -0.05) is 132 Å². The van der Waals surface area contributed by atoms with Gasteiger partial charge in [0.15, 0.2) is 0 Å². The number of nitrogens with two attached hydrogens (primary N) is 1. The summed E-state index contributed by atoms with van der Waals surface area (Å²) in [6.07, 6.45) is 39.5. The number of aliphatic hydroxyl groups is 1. The molecule has 8 nitrogen and oxygen atoms in total. The van der Waals surface area contributed by atoms with Crippen LogP contribution in [0.2, 0.25) is 0 Å². The van der Waals surface area contributed by atoms with Gasteiger partial charge in [0, 0.05) is 13.0 Å². The van der Waals surface area contributed by atoms with Gasteiger partial charge < -0.3 is 21.1 Å². The van der Waals surface area contributed by atoms with Crippen LogP contribution in [0, 0.1) is 0 Å². The molecule has 0 bridgehead atoms. The van der Waals surface area contributed by atoms with E-state index in [9.17, 15) is 19.4 Å². The highest BCUT2D eigenvalue weighted by atomic mass is 31.2. The second-order valence-electron chi connectivity index (χ2n) is 11.7. The molecule has 0 aromatic heterocycles. The van der Waals surface area contributed by atoms with Crippen molar-refractivity contribution in [3.8, 4) is 0 Å². The van der Waals surface area contributed by atoms with Gasteiger partial charge >= 0.3 is 7.82 Å². The molecule has 46 heavy (non-hydrogen) atoms. The van der Waals surface area contributed by atoms with Crippen molar-refractivity contribution >= 4 is 13.7 Å². The Hall–Kier alpha value is -1.80. The van der Waals surface area contributed by atoms with Gasteiger partial charge in [0.25, 0.3) is 0 Å². The predicted molar refractivity (Wildman–Crippen MR) is 193 cm³/mol. The number of hydrogen-bond donors (Lipinski definition) is 4. The molecule has 0 radical (unpaired) electrons. The molecule has 1 amide bonds. The van der Waals surface area contributed by atoms with Crippen LogP contribution in [0.3, 0.4) is 0 Å². The van der Waals surface area contributed by atoms with Crippen molar-refractivity contribution in [2.24, 2.45) is 5.73 Å². The van der Waals surface area contributed by atoms with Crippen LogP contribution in [0.25, 0.3) is 0 Å². The molecule has 9 heteroatoms. The number of carbonyl (C=O) groups is 1. The maximum absolute atomic E-state index is 12.6. The number of carbonyl (C=O) groups excluding carboxylic acids is 1. The average molecular weight is 667 g/mol. The Morgan fingerprint density at radius 2 is 1.26 bits per heavy atom. The smallest absolute Gasteiger partial charge is 0.391 e. The minimum atomic E-state index is -4.31. The molecule has 0 rings (SSSR count). The molecule has 0 aliphatic carbocycles. The third kappa shape index (κ3) is 30.8. The lowest BCUT2D eigenvalue weighted by atomic mass is 10.0. The zero-order valence-corrected chi connectivity index (χ0v) is 29.9. The molecule has 0 aliphatic rings. The highest BCUT2D eigenvalue weighted by Crippen LogP contribution is 2.43. The molecule has 0 aliphatic heterocycles. The molecule has 0 aromatic rings. The lowest BCUT2D eigenvalue weighted by Gasteiger charge is -2.25. The Morgan fingerprint density at radius 3 is 1.83 bits per heavy atom. The van der Waals surface area contributed by atoms with E-state index in [2.05, 4.69) is 79.9 Å². The molecule has 3 unspecified atom stereocenters. The van der Waals surface area contributed by atoms with Crippen LogP contribution in [-0.4, -0.2) is 47.8 Å². The Kier molecular flexibility index (Phi) is 31.8. The van der Waals surface area contributed by atoms with Crippen molar-refractivity contribution in [2.45, 2.75) is 148 Å². The van der Waals surface area contributed by atoms with Gasteiger partial charge in [-0.15, -0.1) is 0 Å². The summed E-state index contributed by atoms with van der Waals surface area (Å²) in [6, 6.07) is -0.791. The summed E-state index contributed by atoms with van der Waals surface area (Å²) in [5.41, 5.74) is 5.34. The number of amides is 1. The van der Waals surface area contributed by atoms with Crippen LogP contribution >= 0.6 is 7.82 Å². The van der Waals surface area contributed by atoms with Gasteiger partial charge in [-0.2, -0.15) is 0 Å². The van der Waals surface area contributed by atoms with E-state index in [1.54, 1.807) is 0 Å². The molecule has 0 aromatic carbocycles. The Bertz CT molecular complexity index is 902. The zero-order chi connectivity index (χ0) is 34.0. The van der Waals surface area contributed by atoms with Gasteiger partial charge in [0.2, 0.25) is 5.91 Å². The molecule has 5 N–H and O–H groups in total. The van der Waals surface area contributed by atoms with E-state index in [1.807, 2.05) is 0 Å². The summed E-state index contributed by atoms with van der Waals surface area (Å²) in [5.74, 6) is -0.200. The first-order valence-corrected chi connectivity index (χ1v) is 19.4. The number of phosphoric acid groups is 1. The monoisotopic (exact) mass is 666 g/mol. The number of aliphatic hydroxyl groups excluding tert-OH is 1. The van der Waals surface area contributed by atoms with Gasteiger partial charge in [-0.05, 0) is 57.8 Å². The van der Waals surface area contributed by atoms with Crippen LogP contribution in [0.1, 0.15) is 136 Å². The second-order valence-corrected chi connectivity index (χ2v) is 13.2. The average Bonchev–Trinajstić information content (AvgIpc) is 3.04. The van der Waals surface area contributed by atoms with Crippen molar-refractivity contribution in [3.05, 3.63) is 60.8 Å². The highest BCUT2D eigenvalue weighted by Gasteiger charge is 2.27. The fraction of sp³-hybridized carbons (Fsp3) is 0.703. The van der Waals surface area contributed by atoms with E-state index in [0.717, 1.165) is 77.0 Å². The molecule has 0 saturated heterocycles. The van der Waals surface area contributed by atoms with Gasteiger partial charge in [0.05, 0.1) is 25.4 Å². The van der Waals surface area contributed by atoms with Crippen molar-refractivity contribution in [1.29, 1.82) is 0 Å². The molecule has 266 valence electrons. The summed E-state index contributed by atoms with van der Waals surface area (Å²) in [4.78, 5) is 22.5. The molecule has 0 spiro atoms. The quantitative estimate of drug-likeness (QED) is 0.0320. The van der Waals surface area contributed by atoms with Crippen molar-refractivity contribution in [3.63, 3.8) is 0 Å². The van der Waals surface area contributed by atoms with E-state index in [4.69, 9.17) is 14.8 Å². The SMILES string of the molecule is CC/C=C\C/C=C\C/C=C\C/C=C\C/C=C\CCCCCC(=O)NC(COP(=O)(O)OCCN)C(O)CCCCCCCCCC. The summed E-state index contributed by atoms with van der Waals surface area (Å²) in [7, 11) is -4.31. The van der Waals surface area contributed by atoms with Crippen molar-refractivity contribution in [2.75, 3.05) is 19.8 Å². The molecule has 0 fully saturated rings. The number of nitrogens with one attached hydrogen (secondary N) is 1. The van der Waals surface area contributed by atoms with Crippen molar-refractivity contribution < 1.29 is 28.4 Å². The number of allylic oxidation sites excluding steroid dienone is 10. The molecule has 3 atom stereocenters. The first-order valence-electron chi connectivity index (χ1n) is 17.9. The Labute approximate surface area is 281 Å². The lowest BCUT2D eigenvalue weighted by Crippen LogP contribution is -2.46. The van der Waals surface area contributed by atoms with Crippen molar-refractivity contribution in [1.82, 2.24) is 5.32 Å². The fourth-order valence-electron chi connectivity index (χ4n) is 4.69. The number of unbranched alkanes of at least 4 members (excludes halogenated alkanes) is 10. The van der Waals surface area contributed by atoms with Crippen LogP contribution in [0.4, 0.5) is 0 Å². The molecule has 0 heterocycles. The van der Waals surface area contributed by atoms with E-state index in [-0.39, 0.29) is 25.7 Å². The lowest BCUT2D eigenvalue weighted by molar-refractivity contribution is -0.123. The molecular formula is C37H67N2O6P. The standard InChI is InChI=1S/C37H67N2O6P/c1-3-5-7-9-11-13-14-15-16-17-18-19-20-21-22-23-25-27-29-31-37(41)39-35(34-45-46(42,43)44-33-32-38)36(40)30-28-26-24-12-10-8-6-4-2/h5,7,11,13,15-16,18-19,21-22,35-36,40H,3-4,6,8-10,12,14,17,20,23-34,38H2,1-2H3,(H,39,41)(H,42,43)/b7-5-,13-11-,16-15-,19-18-,22-21-. The van der Waals surface area contributed by atoms with E-state index < -0.39 is 20.0 Å². The van der Waals surface area contributed by atoms with Gasteiger partial charge in [0.1, 0.15) is 0 Å². The summed E-state index contributed by atoms with van der Waals surface area (Å²) < 4.78 is 22.0. The minimum Gasteiger partial charge on any atom is -0.391 e. The Morgan fingerprint density at radius 1 is 0.739 bits per heavy atom. The largest absolute Gasteiger partial charge is 0.472 e. The minimum absolute atomic E-state index is 0.0796. The van der Waals surface area contributed by atoms with Crippen LogP contribution in [-0.2, 0) is 18.4 Å². The normalized spacial score (nSPS) is 15.2. The Balaban J connectivity index is 4.30. The fourth-order valence-corrected chi connectivity index (χ4v) is 5.45. The van der Waals surface area contributed by atoms with Crippen LogP contribution in [0.15, 0.2) is 60.8 Å². The third-order valence-corrected chi connectivity index (χ3v) is 8.37. The highest BCUT2D eigenvalue weighted by molar-refractivity contribution is 7.47. The molecule has 0 saturated carbocycles.